The molecule has 1 fully saturated rings. The maximum Gasteiger partial charge on any atom is 0.251 e. The van der Waals surface area contributed by atoms with Gasteiger partial charge in [-0.15, -0.1) is 0 Å². The summed E-state index contributed by atoms with van der Waals surface area (Å²) in [7, 11) is 1.54. The lowest BCUT2D eigenvalue weighted by molar-refractivity contribution is -0.142. The van der Waals surface area contributed by atoms with Crippen molar-refractivity contribution in [1.29, 1.82) is 0 Å². The standard InChI is InChI=1S/C10H18N2O2S/c1-7(14-2)10(13)12-5-3-4-8(6-12)9(11)15/h7-8H,3-6H2,1-2H3,(H2,11,15). The van der Waals surface area contributed by atoms with Gasteiger partial charge < -0.3 is 15.4 Å². The second kappa shape index (κ2) is 5.42. The van der Waals surface area contributed by atoms with Crippen LogP contribution in [0.1, 0.15) is 19.8 Å². The number of nitrogens with zero attached hydrogens (tertiary/aromatic N) is 1. The molecule has 2 N–H and O–H groups in total. The highest BCUT2D eigenvalue weighted by Gasteiger charge is 2.27. The zero-order chi connectivity index (χ0) is 11.4. The fourth-order valence-corrected chi connectivity index (χ4v) is 1.96. The number of carbonyl (C=O) groups is 1. The number of piperidine rings is 1. The minimum absolute atomic E-state index is 0.0263. The van der Waals surface area contributed by atoms with Gasteiger partial charge in [0, 0.05) is 26.1 Å². The summed E-state index contributed by atoms with van der Waals surface area (Å²) in [4.78, 5) is 14.1. The van der Waals surface area contributed by atoms with Crippen LogP contribution in [0.4, 0.5) is 0 Å². The van der Waals surface area contributed by atoms with E-state index in [4.69, 9.17) is 22.7 Å². The first-order chi connectivity index (χ1) is 7.06. The Bertz CT molecular complexity index is 258. The number of hydrogen-bond acceptors (Lipinski definition) is 3. The van der Waals surface area contributed by atoms with Gasteiger partial charge in [-0.25, -0.2) is 0 Å². The second-order valence-corrected chi connectivity index (χ2v) is 4.38. The number of thiocarbonyl (C=S) groups is 1. The monoisotopic (exact) mass is 230 g/mol. The van der Waals surface area contributed by atoms with Gasteiger partial charge in [-0.1, -0.05) is 12.2 Å². The molecular formula is C10H18N2O2S. The smallest absolute Gasteiger partial charge is 0.251 e. The Labute approximate surface area is 95.8 Å². The van der Waals surface area contributed by atoms with Crippen LogP contribution in [0.3, 0.4) is 0 Å². The molecule has 5 heteroatoms. The van der Waals surface area contributed by atoms with Crippen LogP contribution in [0.5, 0.6) is 0 Å². The molecule has 1 saturated heterocycles. The molecule has 1 heterocycles. The van der Waals surface area contributed by atoms with Crippen molar-refractivity contribution in [2.24, 2.45) is 11.7 Å². The minimum atomic E-state index is -0.380. The van der Waals surface area contributed by atoms with E-state index in [-0.39, 0.29) is 17.9 Å². The van der Waals surface area contributed by atoms with Crippen LogP contribution in [0, 0.1) is 5.92 Å². The third-order valence-corrected chi connectivity index (χ3v) is 3.17. The Hall–Kier alpha value is -0.680. The third-order valence-electron chi connectivity index (χ3n) is 2.84. The summed E-state index contributed by atoms with van der Waals surface area (Å²) in [6.07, 6.45) is 1.57. The molecule has 1 rings (SSSR count). The van der Waals surface area contributed by atoms with Gasteiger partial charge in [0.25, 0.3) is 5.91 Å². The molecule has 15 heavy (non-hydrogen) atoms. The van der Waals surface area contributed by atoms with E-state index >= 15 is 0 Å². The molecule has 1 aliphatic heterocycles. The molecule has 0 aromatic heterocycles. The molecule has 1 aliphatic rings. The number of nitrogens with two attached hydrogens (primary N) is 1. The fraction of sp³-hybridized carbons (Fsp3) is 0.800. The van der Waals surface area contributed by atoms with E-state index in [1.807, 2.05) is 0 Å². The number of amides is 1. The number of methoxy groups -OCH3 is 1. The Morgan fingerprint density at radius 1 is 1.67 bits per heavy atom. The quantitative estimate of drug-likeness (QED) is 0.719. The topological polar surface area (TPSA) is 55.6 Å². The Morgan fingerprint density at radius 3 is 2.87 bits per heavy atom. The van der Waals surface area contributed by atoms with Crippen molar-refractivity contribution in [1.82, 2.24) is 4.90 Å². The number of hydrogen-bond donors (Lipinski definition) is 1. The molecule has 0 aromatic carbocycles. The van der Waals surface area contributed by atoms with E-state index in [2.05, 4.69) is 0 Å². The summed E-state index contributed by atoms with van der Waals surface area (Å²) < 4.78 is 5.01. The summed E-state index contributed by atoms with van der Waals surface area (Å²) >= 11 is 4.96. The lowest BCUT2D eigenvalue weighted by Gasteiger charge is -2.33. The summed E-state index contributed by atoms with van der Waals surface area (Å²) in [5.41, 5.74) is 5.60. The molecule has 2 atom stereocenters. The summed E-state index contributed by atoms with van der Waals surface area (Å²) in [6.45, 7) is 3.18. The maximum absolute atomic E-state index is 11.8. The Balaban J connectivity index is 2.56. The van der Waals surface area contributed by atoms with E-state index in [0.717, 1.165) is 19.4 Å². The molecule has 0 saturated carbocycles. The molecule has 4 nitrogen and oxygen atoms in total. The molecule has 0 aliphatic carbocycles. The van der Waals surface area contributed by atoms with Crippen LogP contribution in [-0.2, 0) is 9.53 Å². The first kappa shape index (κ1) is 12.4. The highest BCUT2D eigenvalue weighted by Crippen LogP contribution is 2.17. The summed E-state index contributed by atoms with van der Waals surface area (Å²) in [5, 5.41) is 0. The summed E-state index contributed by atoms with van der Waals surface area (Å²) in [6, 6.07) is 0. The second-order valence-electron chi connectivity index (χ2n) is 3.90. The number of rotatable bonds is 3. The fourth-order valence-electron chi connectivity index (χ4n) is 1.77. The van der Waals surface area contributed by atoms with Gasteiger partial charge in [0.1, 0.15) is 6.10 Å². The van der Waals surface area contributed by atoms with E-state index < -0.39 is 0 Å². The Kier molecular flexibility index (Phi) is 4.47. The molecule has 0 bridgehead atoms. The molecule has 0 aromatic rings. The van der Waals surface area contributed by atoms with Crippen molar-refractivity contribution in [2.75, 3.05) is 20.2 Å². The van der Waals surface area contributed by atoms with E-state index in [1.54, 1.807) is 11.8 Å². The van der Waals surface area contributed by atoms with Gasteiger partial charge >= 0.3 is 0 Å². The van der Waals surface area contributed by atoms with Crippen LogP contribution < -0.4 is 5.73 Å². The van der Waals surface area contributed by atoms with Crippen molar-refractivity contribution in [3.05, 3.63) is 0 Å². The maximum atomic E-state index is 11.8. The zero-order valence-corrected chi connectivity index (χ0v) is 10.0. The van der Waals surface area contributed by atoms with E-state index in [1.165, 1.54) is 7.11 Å². The predicted molar refractivity (Wildman–Crippen MR) is 62.6 cm³/mol. The first-order valence-corrected chi connectivity index (χ1v) is 5.58. The van der Waals surface area contributed by atoms with Gasteiger partial charge in [-0.05, 0) is 19.8 Å². The lowest BCUT2D eigenvalue weighted by Crippen LogP contribution is -2.47. The SMILES string of the molecule is COC(C)C(=O)N1CCCC(C(N)=S)C1. The highest BCUT2D eigenvalue weighted by molar-refractivity contribution is 7.80. The Morgan fingerprint density at radius 2 is 2.33 bits per heavy atom. The predicted octanol–water partition coefficient (Wildman–Crippen LogP) is 0.546. The normalized spacial score (nSPS) is 23.6. The zero-order valence-electron chi connectivity index (χ0n) is 9.23. The average Bonchev–Trinajstić information content (AvgIpc) is 2.27. The first-order valence-electron chi connectivity index (χ1n) is 5.17. The average molecular weight is 230 g/mol. The van der Waals surface area contributed by atoms with Crippen LogP contribution in [0.25, 0.3) is 0 Å². The summed E-state index contributed by atoms with van der Waals surface area (Å²) in [5.74, 6) is 0.195. The van der Waals surface area contributed by atoms with Crippen molar-refractivity contribution < 1.29 is 9.53 Å². The largest absolute Gasteiger partial charge is 0.393 e. The van der Waals surface area contributed by atoms with E-state index in [9.17, 15) is 4.79 Å². The number of ether oxygens (including phenoxy) is 1. The molecule has 86 valence electrons. The van der Waals surface area contributed by atoms with Crippen molar-refractivity contribution >= 4 is 23.1 Å². The van der Waals surface area contributed by atoms with Crippen LogP contribution >= 0.6 is 12.2 Å². The number of likely N-dealkylation sites (tertiary alicyclic amines) is 1. The van der Waals surface area contributed by atoms with Gasteiger partial charge in [-0.2, -0.15) is 0 Å². The van der Waals surface area contributed by atoms with Crippen LogP contribution in [-0.4, -0.2) is 42.1 Å². The molecule has 1 amide bonds. The minimum Gasteiger partial charge on any atom is -0.393 e. The van der Waals surface area contributed by atoms with Crippen LogP contribution in [0.15, 0.2) is 0 Å². The number of carbonyl (C=O) groups excluding carboxylic acids is 1. The molecule has 0 spiro atoms. The lowest BCUT2D eigenvalue weighted by atomic mass is 9.98. The van der Waals surface area contributed by atoms with Gasteiger partial charge in [0.2, 0.25) is 0 Å². The van der Waals surface area contributed by atoms with Gasteiger partial charge in [0.05, 0.1) is 4.99 Å². The van der Waals surface area contributed by atoms with Gasteiger partial charge in [0.15, 0.2) is 0 Å². The molecule has 0 radical (unpaired) electrons. The molecule has 2 unspecified atom stereocenters. The third kappa shape index (κ3) is 3.14. The van der Waals surface area contributed by atoms with Crippen molar-refractivity contribution in [3.63, 3.8) is 0 Å². The molecular weight excluding hydrogens is 212 g/mol. The highest BCUT2D eigenvalue weighted by atomic mass is 32.1. The van der Waals surface area contributed by atoms with Crippen molar-refractivity contribution in [2.45, 2.75) is 25.9 Å². The van der Waals surface area contributed by atoms with Gasteiger partial charge in [-0.3, -0.25) is 4.79 Å². The van der Waals surface area contributed by atoms with E-state index in [0.29, 0.717) is 11.5 Å². The van der Waals surface area contributed by atoms with Crippen LogP contribution in [0.2, 0.25) is 0 Å². The van der Waals surface area contributed by atoms with Crippen molar-refractivity contribution in [3.8, 4) is 0 Å².